The maximum absolute atomic E-state index is 11.4. The molecule has 1 amide bonds. The SMILES string of the molecule is CC1(C)CN(c2ccncc2C(N)=O)CCO1. The van der Waals surface area contributed by atoms with Gasteiger partial charge in [0.1, 0.15) is 0 Å². The summed E-state index contributed by atoms with van der Waals surface area (Å²) < 4.78 is 5.64. The van der Waals surface area contributed by atoms with Gasteiger partial charge in [0, 0.05) is 25.5 Å². The van der Waals surface area contributed by atoms with Gasteiger partial charge in [0.25, 0.3) is 5.91 Å². The van der Waals surface area contributed by atoms with Crippen LogP contribution in [0, 0.1) is 0 Å². The number of hydrogen-bond donors (Lipinski definition) is 1. The van der Waals surface area contributed by atoms with Gasteiger partial charge in [-0.25, -0.2) is 0 Å². The number of nitrogens with two attached hydrogens (primary N) is 1. The Labute approximate surface area is 101 Å². The Bertz CT molecular complexity index is 432. The minimum atomic E-state index is -0.447. The van der Waals surface area contributed by atoms with Crippen LogP contribution < -0.4 is 10.6 Å². The monoisotopic (exact) mass is 235 g/mol. The van der Waals surface area contributed by atoms with Crippen molar-refractivity contribution in [3.8, 4) is 0 Å². The second-order valence-electron chi connectivity index (χ2n) is 4.79. The molecular formula is C12H17N3O2. The summed E-state index contributed by atoms with van der Waals surface area (Å²) in [6.07, 6.45) is 3.18. The Morgan fingerprint density at radius 2 is 2.35 bits per heavy atom. The van der Waals surface area contributed by atoms with Crippen molar-refractivity contribution < 1.29 is 9.53 Å². The number of rotatable bonds is 2. The number of nitrogens with zero attached hydrogens (tertiary/aromatic N) is 2. The molecule has 0 spiro atoms. The van der Waals surface area contributed by atoms with Gasteiger partial charge in [0.15, 0.2) is 0 Å². The Balaban J connectivity index is 2.30. The van der Waals surface area contributed by atoms with Crippen LogP contribution in [0.25, 0.3) is 0 Å². The largest absolute Gasteiger partial charge is 0.372 e. The number of carbonyl (C=O) groups excluding carboxylic acids is 1. The summed E-state index contributed by atoms with van der Waals surface area (Å²) >= 11 is 0. The van der Waals surface area contributed by atoms with E-state index >= 15 is 0 Å². The van der Waals surface area contributed by atoms with Gasteiger partial charge in [-0.2, -0.15) is 0 Å². The van der Waals surface area contributed by atoms with Crippen LogP contribution in [0.15, 0.2) is 18.5 Å². The molecule has 1 aromatic heterocycles. The van der Waals surface area contributed by atoms with E-state index in [0.717, 1.165) is 18.8 Å². The minimum absolute atomic E-state index is 0.212. The molecule has 0 unspecified atom stereocenters. The van der Waals surface area contributed by atoms with E-state index in [1.165, 1.54) is 6.20 Å². The third kappa shape index (κ3) is 2.55. The molecule has 5 heteroatoms. The topological polar surface area (TPSA) is 68.5 Å². The first-order valence-corrected chi connectivity index (χ1v) is 5.62. The zero-order valence-corrected chi connectivity index (χ0v) is 10.1. The molecule has 1 aliphatic rings. The molecule has 0 radical (unpaired) electrons. The van der Waals surface area contributed by atoms with E-state index in [1.807, 2.05) is 19.9 Å². The molecule has 1 saturated heterocycles. The molecular weight excluding hydrogens is 218 g/mol. The molecule has 1 aromatic rings. The van der Waals surface area contributed by atoms with E-state index < -0.39 is 5.91 Å². The van der Waals surface area contributed by atoms with Crippen LogP contribution in [-0.4, -0.2) is 36.2 Å². The van der Waals surface area contributed by atoms with Crippen molar-refractivity contribution in [2.75, 3.05) is 24.6 Å². The first kappa shape index (κ1) is 11.9. The normalized spacial score (nSPS) is 19.1. The smallest absolute Gasteiger partial charge is 0.252 e. The van der Waals surface area contributed by atoms with Gasteiger partial charge in [0.05, 0.1) is 23.5 Å². The summed E-state index contributed by atoms with van der Waals surface area (Å²) in [6, 6.07) is 1.82. The van der Waals surface area contributed by atoms with Gasteiger partial charge >= 0.3 is 0 Å². The van der Waals surface area contributed by atoms with Gasteiger partial charge in [-0.1, -0.05) is 0 Å². The van der Waals surface area contributed by atoms with Crippen molar-refractivity contribution in [3.63, 3.8) is 0 Å². The third-order valence-electron chi connectivity index (χ3n) is 2.83. The van der Waals surface area contributed by atoms with Crippen LogP contribution in [0.2, 0.25) is 0 Å². The molecule has 0 atom stereocenters. The summed E-state index contributed by atoms with van der Waals surface area (Å²) in [4.78, 5) is 17.4. The zero-order valence-electron chi connectivity index (χ0n) is 10.1. The van der Waals surface area contributed by atoms with E-state index in [2.05, 4.69) is 9.88 Å². The Kier molecular flexibility index (Phi) is 3.02. The summed E-state index contributed by atoms with van der Waals surface area (Å²) in [5.74, 6) is -0.447. The molecule has 5 nitrogen and oxygen atoms in total. The maximum Gasteiger partial charge on any atom is 0.252 e. The molecule has 0 saturated carbocycles. The maximum atomic E-state index is 11.4. The molecule has 17 heavy (non-hydrogen) atoms. The highest BCUT2D eigenvalue weighted by atomic mass is 16.5. The van der Waals surface area contributed by atoms with Crippen molar-refractivity contribution >= 4 is 11.6 Å². The van der Waals surface area contributed by atoms with Crippen LogP contribution in [-0.2, 0) is 4.74 Å². The van der Waals surface area contributed by atoms with Gasteiger partial charge < -0.3 is 15.4 Å². The highest BCUT2D eigenvalue weighted by Crippen LogP contribution is 2.25. The van der Waals surface area contributed by atoms with Crippen LogP contribution >= 0.6 is 0 Å². The zero-order chi connectivity index (χ0) is 12.5. The minimum Gasteiger partial charge on any atom is -0.372 e. The molecule has 1 fully saturated rings. The number of ether oxygens (including phenoxy) is 1. The van der Waals surface area contributed by atoms with Gasteiger partial charge in [-0.3, -0.25) is 9.78 Å². The lowest BCUT2D eigenvalue weighted by Crippen LogP contribution is -2.48. The van der Waals surface area contributed by atoms with Crippen molar-refractivity contribution in [3.05, 3.63) is 24.0 Å². The van der Waals surface area contributed by atoms with Crippen molar-refractivity contribution in [2.45, 2.75) is 19.4 Å². The lowest BCUT2D eigenvalue weighted by molar-refractivity contribution is -0.0277. The summed E-state index contributed by atoms with van der Waals surface area (Å²) in [6.45, 7) is 6.20. The van der Waals surface area contributed by atoms with Crippen molar-refractivity contribution in [1.82, 2.24) is 4.98 Å². The third-order valence-corrected chi connectivity index (χ3v) is 2.83. The quantitative estimate of drug-likeness (QED) is 0.823. The van der Waals surface area contributed by atoms with E-state index in [1.54, 1.807) is 6.20 Å². The highest BCUT2D eigenvalue weighted by Gasteiger charge is 2.28. The standard InChI is InChI=1S/C12H17N3O2/c1-12(2)8-15(5-6-17-12)10-3-4-14-7-9(10)11(13)16/h3-4,7H,5-6,8H2,1-2H3,(H2,13,16). The van der Waals surface area contributed by atoms with Crippen LogP contribution in [0.1, 0.15) is 24.2 Å². The fourth-order valence-corrected chi connectivity index (χ4v) is 2.07. The van der Waals surface area contributed by atoms with Gasteiger partial charge in [-0.05, 0) is 19.9 Å². The number of anilines is 1. The van der Waals surface area contributed by atoms with E-state index in [4.69, 9.17) is 10.5 Å². The molecule has 0 aliphatic carbocycles. The number of morpholine rings is 1. The lowest BCUT2D eigenvalue weighted by Gasteiger charge is -2.39. The number of primary amides is 1. The van der Waals surface area contributed by atoms with Crippen LogP contribution in [0.3, 0.4) is 0 Å². The molecule has 0 bridgehead atoms. The molecule has 0 aromatic carbocycles. The number of amides is 1. The summed E-state index contributed by atoms with van der Waals surface area (Å²) in [5, 5.41) is 0. The van der Waals surface area contributed by atoms with Crippen LogP contribution in [0.4, 0.5) is 5.69 Å². The van der Waals surface area contributed by atoms with E-state index in [0.29, 0.717) is 12.2 Å². The number of aromatic nitrogens is 1. The fraction of sp³-hybridized carbons (Fsp3) is 0.500. The number of carbonyl (C=O) groups is 1. The molecule has 2 rings (SSSR count). The summed E-state index contributed by atoms with van der Waals surface area (Å²) in [7, 11) is 0. The Morgan fingerprint density at radius 3 is 3.00 bits per heavy atom. The lowest BCUT2D eigenvalue weighted by atomic mass is 10.1. The average Bonchev–Trinajstić information content (AvgIpc) is 2.27. The van der Waals surface area contributed by atoms with E-state index in [-0.39, 0.29) is 5.60 Å². The second kappa shape index (κ2) is 4.33. The van der Waals surface area contributed by atoms with Crippen molar-refractivity contribution in [2.24, 2.45) is 5.73 Å². The van der Waals surface area contributed by atoms with Crippen molar-refractivity contribution in [1.29, 1.82) is 0 Å². The molecule has 2 heterocycles. The van der Waals surface area contributed by atoms with Crippen LogP contribution in [0.5, 0.6) is 0 Å². The van der Waals surface area contributed by atoms with E-state index in [9.17, 15) is 4.79 Å². The predicted molar refractivity (Wildman–Crippen MR) is 65.0 cm³/mol. The number of pyridine rings is 1. The second-order valence-corrected chi connectivity index (χ2v) is 4.79. The Hall–Kier alpha value is -1.62. The molecule has 2 N–H and O–H groups in total. The first-order chi connectivity index (χ1) is 7.99. The fourth-order valence-electron chi connectivity index (χ4n) is 2.07. The average molecular weight is 235 g/mol. The highest BCUT2D eigenvalue weighted by molar-refractivity contribution is 5.98. The Morgan fingerprint density at radius 1 is 1.59 bits per heavy atom. The van der Waals surface area contributed by atoms with Gasteiger partial charge in [0.2, 0.25) is 0 Å². The summed E-state index contributed by atoms with van der Waals surface area (Å²) in [5.41, 5.74) is 6.44. The molecule has 1 aliphatic heterocycles. The predicted octanol–water partition coefficient (Wildman–Crippen LogP) is 0.796. The number of hydrogen-bond acceptors (Lipinski definition) is 4. The first-order valence-electron chi connectivity index (χ1n) is 5.62. The van der Waals surface area contributed by atoms with Gasteiger partial charge in [-0.15, -0.1) is 0 Å². The molecule has 92 valence electrons.